The number of benzene rings is 1. The van der Waals surface area contributed by atoms with Gasteiger partial charge in [0.05, 0.1) is 6.26 Å². The van der Waals surface area contributed by atoms with E-state index in [9.17, 15) is 9.59 Å². The highest BCUT2D eigenvalue weighted by Crippen LogP contribution is 2.18. The molecule has 2 heterocycles. The monoisotopic (exact) mass is 349 g/mol. The van der Waals surface area contributed by atoms with Crippen molar-refractivity contribution >= 4 is 29.9 Å². The number of rotatable bonds is 4. The van der Waals surface area contributed by atoms with Crippen LogP contribution in [0, 0.1) is 6.92 Å². The quantitative estimate of drug-likeness (QED) is 0.791. The lowest BCUT2D eigenvalue weighted by molar-refractivity contribution is 0.0938. The van der Waals surface area contributed by atoms with Crippen LogP contribution in [0.3, 0.4) is 0 Å². The van der Waals surface area contributed by atoms with Crippen LogP contribution >= 0.6 is 12.4 Å². The van der Waals surface area contributed by atoms with Crippen molar-refractivity contribution in [3.63, 3.8) is 0 Å². The van der Waals surface area contributed by atoms with Gasteiger partial charge in [-0.15, -0.1) is 12.4 Å². The number of aryl methyl sites for hydroxylation is 1. The Hall–Kier alpha value is -2.31. The first-order valence-corrected chi connectivity index (χ1v) is 7.60. The summed E-state index contributed by atoms with van der Waals surface area (Å²) in [7, 11) is 0. The normalized spacial score (nSPS) is 16.3. The number of hydrogen-bond donors (Lipinski definition) is 3. The highest BCUT2D eigenvalue weighted by atomic mass is 35.5. The smallest absolute Gasteiger partial charge is 0.291 e. The minimum Gasteiger partial charge on any atom is -0.459 e. The highest BCUT2D eigenvalue weighted by Gasteiger charge is 2.18. The molecule has 2 amide bonds. The van der Waals surface area contributed by atoms with Crippen LogP contribution in [0.15, 0.2) is 41.0 Å². The van der Waals surface area contributed by atoms with E-state index in [0.29, 0.717) is 11.3 Å². The molecule has 0 aliphatic carbocycles. The fourth-order valence-corrected chi connectivity index (χ4v) is 2.54. The standard InChI is InChI=1S/C17H19N3O3.ClH/c1-11-4-5-12(16(21)19-13-6-7-18-10-13)9-14(11)20-17(22)15-3-2-8-23-15;/h2-5,8-9,13,18H,6-7,10H2,1H3,(H,19,21)(H,20,22);1H. The topological polar surface area (TPSA) is 83.4 Å². The first-order valence-electron chi connectivity index (χ1n) is 7.60. The van der Waals surface area contributed by atoms with Crippen molar-refractivity contribution in [1.29, 1.82) is 0 Å². The molecule has 1 saturated heterocycles. The molecular weight excluding hydrogens is 330 g/mol. The Morgan fingerprint density at radius 3 is 2.75 bits per heavy atom. The van der Waals surface area contributed by atoms with E-state index >= 15 is 0 Å². The second kappa shape index (κ2) is 7.99. The van der Waals surface area contributed by atoms with Crippen molar-refractivity contribution in [3.05, 3.63) is 53.5 Å². The van der Waals surface area contributed by atoms with Crippen molar-refractivity contribution in [2.75, 3.05) is 18.4 Å². The maximum Gasteiger partial charge on any atom is 0.291 e. The van der Waals surface area contributed by atoms with E-state index in [0.717, 1.165) is 25.1 Å². The SMILES string of the molecule is Cc1ccc(C(=O)NC2CCNC2)cc1NC(=O)c1ccco1.Cl. The summed E-state index contributed by atoms with van der Waals surface area (Å²) in [6.07, 6.45) is 2.38. The van der Waals surface area contributed by atoms with E-state index < -0.39 is 0 Å². The molecule has 1 unspecified atom stereocenters. The van der Waals surface area contributed by atoms with E-state index in [1.807, 2.05) is 13.0 Å². The van der Waals surface area contributed by atoms with Gasteiger partial charge in [0.2, 0.25) is 0 Å². The van der Waals surface area contributed by atoms with Gasteiger partial charge in [-0.3, -0.25) is 9.59 Å². The van der Waals surface area contributed by atoms with Crippen LogP contribution in [0.5, 0.6) is 0 Å². The Morgan fingerprint density at radius 1 is 1.25 bits per heavy atom. The second-order valence-corrected chi connectivity index (χ2v) is 5.62. The number of carbonyl (C=O) groups excluding carboxylic acids is 2. The molecule has 1 aliphatic heterocycles. The molecule has 0 radical (unpaired) electrons. The zero-order valence-electron chi connectivity index (χ0n) is 13.3. The molecule has 7 heteroatoms. The third-order valence-electron chi connectivity index (χ3n) is 3.89. The second-order valence-electron chi connectivity index (χ2n) is 5.62. The molecular formula is C17H20ClN3O3. The molecule has 1 atom stereocenters. The molecule has 3 N–H and O–H groups in total. The lowest BCUT2D eigenvalue weighted by atomic mass is 10.1. The average molecular weight is 350 g/mol. The Bertz CT molecular complexity index is 710. The predicted octanol–water partition coefficient (Wildman–Crippen LogP) is 2.35. The summed E-state index contributed by atoms with van der Waals surface area (Å²) in [5.74, 6) is -0.237. The lowest BCUT2D eigenvalue weighted by Gasteiger charge is -2.13. The van der Waals surface area contributed by atoms with Gasteiger partial charge >= 0.3 is 0 Å². The molecule has 1 aromatic carbocycles. The largest absolute Gasteiger partial charge is 0.459 e. The van der Waals surface area contributed by atoms with Crippen molar-refractivity contribution in [1.82, 2.24) is 10.6 Å². The van der Waals surface area contributed by atoms with Gasteiger partial charge in [-0.1, -0.05) is 6.07 Å². The number of carbonyl (C=O) groups is 2. The number of anilines is 1. The van der Waals surface area contributed by atoms with Crippen molar-refractivity contribution in [2.45, 2.75) is 19.4 Å². The van der Waals surface area contributed by atoms with Gasteiger partial charge < -0.3 is 20.4 Å². The van der Waals surface area contributed by atoms with Crippen molar-refractivity contribution < 1.29 is 14.0 Å². The summed E-state index contributed by atoms with van der Waals surface area (Å²) < 4.78 is 5.08. The number of furan rings is 1. The maximum atomic E-state index is 12.3. The minimum atomic E-state index is -0.337. The molecule has 0 bridgehead atoms. The van der Waals surface area contributed by atoms with Crippen molar-refractivity contribution in [3.8, 4) is 0 Å². The third-order valence-corrected chi connectivity index (χ3v) is 3.89. The van der Waals surface area contributed by atoms with Gasteiger partial charge in [-0.05, 0) is 49.7 Å². The van der Waals surface area contributed by atoms with Crippen LogP contribution in [0.1, 0.15) is 32.9 Å². The molecule has 1 fully saturated rings. The van der Waals surface area contributed by atoms with Gasteiger partial charge in [0.1, 0.15) is 0 Å². The zero-order valence-corrected chi connectivity index (χ0v) is 14.1. The molecule has 3 rings (SSSR count). The molecule has 1 aromatic heterocycles. The van der Waals surface area contributed by atoms with E-state index in [1.165, 1.54) is 6.26 Å². The van der Waals surface area contributed by atoms with Crippen LogP contribution in [0.4, 0.5) is 5.69 Å². The van der Waals surface area contributed by atoms with E-state index in [2.05, 4.69) is 16.0 Å². The predicted molar refractivity (Wildman–Crippen MR) is 93.8 cm³/mol. The van der Waals surface area contributed by atoms with E-state index in [4.69, 9.17) is 4.42 Å². The van der Waals surface area contributed by atoms with Gasteiger partial charge in [-0.25, -0.2) is 0 Å². The molecule has 0 spiro atoms. The van der Waals surface area contributed by atoms with Gasteiger partial charge in [0.25, 0.3) is 11.8 Å². The molecule has 0 saturated carbocycles. The van der Waals surface area contributed by atoms with E-state index in [-0.39, 0.29) is 36.0 Å². The van der Waals surface area contributed by atoms with Crippen LogP contribution in [0.25, 0.3) is 0 Å². The molecule has 6 nitrogen and oxygen atoms in total. The third kappa shape index (κ3) is 4.15. The van der Waals surface area contributed by atoms with Gasteiger partial charge in [0, 0.05) is 23.8 Å². The number of halogens is 1. The number of hydrogen-bond acceptors (Lipinski definition) is 4. The Kier molecular flexibility index (Phi) is 6.00. The molecule has 24 heavy (non-hydrogen) atoms. The van der Waals surface area contributed by atoms with Crippen LogP contribution in [0.2, 0.25) is 0 Å². The average Bonchev–Trinajstić information content (AvgIpc) is 3.22. The Labute approximate surface area is 146 Å². The summed E-state index contributed by atoms with van der Waals surface area (Å²) in [6, 6.07) is 8.67. The van der Waals surface area contributed by atoms with Crippen LogP contribution < -0.4 is 16.0 Å². The maximum absolute atomic E-state index is 12.3. The summed E-state index contributed by atoms with van der Waals surface area (Å²) in [5, 5.41) is 8.98. The van der Waals surface area contributed by atoms with Gasteiger partial charge in [0.15, 0.2) is 5.76 Å². The lowest BCUT2D eigenvalue weighted by Crippen LogP contribution is -2.36. The fourth-order valence-electron chi connectivity index (χ4n) is 2.54. The van der Waals surface area contributed by atoms with Crippen molar-refractivity contribution in [2.24, 2.45) is 0 Å². The zero-order chi connectivity index (χ0) is 16.2. The van der Waals surface area contributed by atoms with Gasteiger partial charge in [-0.2, -0.15) is 0 Å². The number of nitrogens with one attached hydrogen (secondary N) is 3. The number of amides is 2. The highest BCUT2D eigenvalue weighted by molar-refractivity contribution is 6.04. The summed E-state index contributed by atoms with van der Waals surface area (Å²) >= 11 is 0. The first-order chi connectivity index (χ1) is 11.1. The van der Waals surface area contributed by atoms with E-state index in [1.54, 1.807) is 24.3 Å². The fraction of sp³-hybridized carbons (Fsp3) is 0.294. The Balaban J connectivity index is 0.00000208. The van der Waals surface area contributed by atoms with Crippen LogP contribution in [-0.2, 0) is 0 Å². The molecule has 128 valence electrons. The summed E-state index contributed by atoms with van der Waals surface area (Å²) in [5.41, 5.74) is 2.00. The molecule has 1 aliphatic rings. The first kappa shape index (κ1) is 18.0. The summed E-state index contributed by atoms with van der Waals surface area (Å²) in [6.45, 7) is 3.59. The minimum absolute atomic E-state index is 0. The molecule has 2 aromatic rings. The summed E-state index contributed by atoms with van der Waals surface area (Å²) in [4.78, 5) is 24.4. The van der Waals surface area contributed by atoms with Crippen LogP contribution in [-0.4, -0.2) is 30.9 Å². The Morgan fingerprint density at radius 2 is 2.08 bits per heavy atom.